The SMILES string of the molecule is Cc1ccc2c(COc3cccc(O)c3)c[nH]c2c1. The number of hydrogen-bond acceptors (Lipinski definition) is 2. The molecule has 0 aliphatic carbocycles. The standard InChI is InChI=1S/C16H15NO2/c1-11-5-6-15-12(9-17-16(15)7-11)10-19-14-4-2-3-13(18)8-14/h2-9,17-18H,10H2,1H3. The van der Waals surface area contributed by atoms with Gasteiger partial charge in [-0.25, -0.2) is 0 Å². The van der Waals surface area contributed by atoms with Crippen molar-refractivity contribution < 1.29 is 9.84 Å². The Morgan fingerprint density at radius 1 is 1.16 bits per heavy atom. The predicted octanol–water partition coefficient (Wildman–Crippen LogP) is 3.76. The van der Waals surface area contributed by atoms with Crippen molar-refractivity contribution in [2.24, 2.45) is 0 Å². The lowest BCUT2D eigenvalue weighted by Crippen LogP contribution is -1.94. The third-order valence-corrected chi connectivity index (χ3v) is 3.13. The summed E-state index contributed by atoms with van der Waals surface area (Å²) in [5.41, 5.74) is 3.46. The molecule has 0 fully saturated rings. The Kier molecular flexibility index (Phi) is 2.88. The number of aromatic amines is 1. The number of phenolic OH excluding ortho intramolecular Hbond substituents is 1. The third kappa shape index (κ3) is 2.40. The summed E-state index contributed by atoms with van der Waals surface area (Å²) in [6, 6.07) is 13.1. The summed E-state index contributed by atoms with van der Waals surface area (Å²) in [7, 11) is 0. The Morgan fingerprint density at radius 2 is 2.05 bits per heavy atom. The average Bonchev–Trinajstić information content (AvgIpc) is 2.78. The van der Waals surface area contributed by atoms with E-state index in [-0.39, 0.29) is 5.75 Å². The monoisotopic (exact) mass is 253 g/mol. The van der Waals surface area contributed by atoms with Crippen LogP contribution in [0.25, 0.3) is 10.9 Å². The molecule has 0 unspecified atom stereocenters. The minimum atomic E-state index is 0.215. The van der Waals surface area contributed by atoms with E-state index in [0.717, 1.165) is 11.1 Å². The van der Waals surface area contributed by atoms with Gasteiger partial charge in [-0.05, 0) is 30.7 Å². The van der Waals surface area contributed by atoms with Crippen LogP contribution in [0.15, 0.2) is 48.7 Å². The lowest BCUT2D eigenvalue weighted by atomic mass is 10.1. The van der Waals surface area contributed by atoms with Crippen molar-refractivity contribution in [3.05, 3.63) is 59.8 Å². The van der Waals surface area contributed by atoms with Crippen LogP contribution in [0.5, 0.6) is 11.5 Å². The molecule has 0 aliphatic rings. The molecule has 3 heteroatoms. The molecule has 2 aromatic carbocycles. The van der Waals surface area contributed by atoms with Gasteiger partial charge in [-0.15, -0.1) is 0 Å². The van der Waals surface area contributed by atoms with E-state index >= 15 is 0 Å². The zero-order chi connectivity index (χ0) is 13.2. The van der Waals surface area contributed by atoms with Crippen LogP contribution in [0.3, 0.4) is 0 Å². The summed E-state index contributed by atoms with van der Waals surface area (Å²) in [6.45, 7) is 2.55. The maximum Gasteiger partial charge on any atom is 0.123 e. The maximum absolute atomic E-state index is 9.39. The Labute approximate surface area is 111 Å². The summed E-state index contributed by atoms with van der Waals surface area (Å²) in [4.78, 5) is 3.25. The van der Waals surface area contributed by atoms with Gasteiger partial charge in [0.2, 0.25) is 0 Å². The molecule has 96 valence electrons. The van der Waals surface area contributed by atoms with Crippen LogP contribution in [0.2, 0.25) is 0 Å². The van der Waals surface area contributed by atoms with Gasteiger partial charge in [-0.2, -0.15) is 0 Å². The molecular formula is C16H15NO2. The number of nitrogens with one attached hydrogen (secondary N) is 1. The Balaban J connectivity index is 1.82. The van der Waals surface area contributed by atoms with E-state index in [4.69, 9.17) is 4.74 Å². The van der Waals surface area contributed by atoms with Crippen LogP contribution >= 0.6 is 0 Å². The maximum atomic E-state index is 9.39. The fourth-order valence-corrected chi connectivity index (χ4v) is 2.15. The summed E-state index contributed by atoms with van der Waals surface area (Å²) >= 11 is 0. The Bertz CT molecular complexity index is 716. The van der Waals surface area contributed by atoms with Gasteiger partial charge < -0.3 is 14.8 Å². The van der Waals surface area contributed by atoms with Crippen LogP contribution in [0.1, 0.15) is 11.1 Å². The van der Waals surface area contributed by atoms with E-state index in [1.807, 2.05) is 12.3 Å². The number of rotatable bonds is 3. The largest absolute Gasteiger partial charge is 0.508 e. The molecular weight excluding hydrogens is 238 g/mol. The average molecular weight is 253 g/mol. The molecule has 1 aromatic heterocycles. The molecule has 3 rings (SSSR count). The van der Waals surface area contributed by atoms with E-state index in [9.17, 15) is 5.11 Å². The number of ether oxygens (including phenoxy) is 1. The van der Waals surface area contributed by atoms with Crippen LogP contribution in [0.4, 0.5) is 0 Å². The zero-order valence-electron chi connectivity index (χ0n) is 10.7. The molecule has 3 aromatic rings. The highest BCUT2D eigenvalue weighted by atomic mass is 16.5. The first-order valence-electron chi connectivity index (χ1n) is 6.21. The van der Waals surface area contributed by atoms with Crippen molar-refractivity contribution >= 4 is 10.9 Å². The van der Waals surface area contributed by atoms with Gasteiger partial charge in [0.25, 0.3) is 0 Å². The second-order valence-electron chi connectivity index (χ2n) is 4.65. The highest BCUT2D eigenvalue weighted by molar-refractivity contribution is 5.83. The first kappa shape index (κ1) is 11.7. The number of aromatic hydroxyl groups is 1. The van der Waals surface area contributed by atoms with E-state index in [1.54, 1.807) is 18.2 Å². The van der Waals surface area contributed by atoms with Gasteiger partial charge in [0.15, 0.2) is 0 Å². The van der Waals surface area contributed by atoms with Crippen molar-refractivity contribution in [3.8, 4) is 11.5 Å². The first-order chi connectivity index (χ1) is 9.22. The summed E-state index contributed by atoms with van der Waals surface area (Å²) < 4.78 is 5.69. The number of fused-ring (bicyclic) bond motifs is 1. The Hall–Kier alpha value is -2.42. The zero-order valence-corrected chi connectivity index (χ0v) is 10.7. The molecule has 0 radical (unpaired) electrons. The fraction of sp³-hybridized carbons (Fsp3) is 0.125. The molecule has 0 saturated heterocycles. The number of hydrogen-bond donors (Lipinski definition) is 2. The fourth-order valence-electron chi connectivity index (χ4n) is 2.15. The van der Waals surface area contributed by atoms with Crippen LogP contribution in [-0.2, 0) is 6.61 Å². The number of benzene rings is 2. The lowest BCUT2D eigenvalue weighted by Gasteiger charge is -2.05. The van der Waals surface area contributed by atoms with Gasteiger partial charge in [0, 0.05) is 28.7 Å². The number of H-pyrrole nitrogens is 1. The quantitative estimate of drug-likeness (QED) is 0.746. The normalized spacial score (nSPS) is 10.8. The number of aryl methyl sites for hydroxylation is 1. The first-order valence-corrected chi connectivity index (χ1v) is 6.21. The molecule has 0 amide bonds. The van der Waals surface area contributed by atoms with Gasteiger partial charge in [0.1, 0.15) is 18.1 Å². The molecule has 0 bridgehead atoms. The minimum Gasteiger partial charge on any atom is -0.508 e. The van der Waals surface area contributed by atoms with Crippen molar-refractivity contribution in [3.63, 3.8) is 0 Å². The van der Waals surface area contributed by atoms with E-state index in [2.05, 4.69) is 30.1 Å². The molecule has 1 heterocycles. The van der Waals surface area contributed by atoms with Crippen LogP contribution in [0, 0.1) is 6.92 Å². The second-order valence-corrected chi connectivity index (χ2v) is 4.65. The lowest BCUT2D eigenvalue weighted by molar-refractivity contribution is 0.306. The van der Waals surface area contributed by atoms with Crippen LogP contribution < -0.4 is 4.74 Å². The smallest absolute Gasteiger partial charge is 0.123 e. The van der Waals surface area contributed by atoms with Crippen molar-refractivity contribution in [2.45, 2.75) is 13.5 Å². The number of phenols is 1. The molecule has 19 heavy (non-hydrogen) atoms. The molecule has 0 saturated carbocycles. The predicted molar refractivity (Wildman–Crippen MR) is 75.5 cm³/mol. The molecule has 3 nitrogen and oxygen atoms in total. The van der Waals surface area contributed by atoms with E-state index < -0.39 is 0 Å². The van der Waals surface area contributed by atoms with Crippen LogP contribution in [-0.4, -0.2) is 10.1 Å². The molecule has 0 aliphatic heterocycles. The number of aromatic nitrogens is 1. The van der Waals surface area contributed by atoms with E-state index in [1.165, 1.54) is 10.9 Å². The topological polar surface area (TPSA) is 45.2 Å². The van der Waals surface area contributed by atoms with Crippen molar-refractivity contribution in [1.82, 2.24) is 4.98 Å². The van der Waals surface area contributed by atoms with Crippen molar-refractivity contribution in [1.29, 1.82) is 0 Å². The minimum absolute atomic E-state index is 0.215. The third-order valence-electron chi connectivity index (χ3n) is 3.13. The van der Waals surface area contributed by atoms with Gasteiger partial charge in [-0.1, -0.05) is 18.2 Å². The van der Waals surface area contributed by atoms with Crippen molar-refractivity contribution in [2.75, 3.05) is 0 Å². The van der Waals surface area contributed by atoms with E-state index in [0.29, 0.717) is 12.4 Å². The van der Waals surface area contributed by atoms with Gasteiger partial charge in [0.05, 0.1) is 0 Å². The molecule has 2 N–H and O–H groups in total. The summed E-state index contributed by atoms with van der Waals surface area (Å²) in [6.07, 6.45) is 1.97. The second kappa shape index (κ2) is 4.69. The highest BCUT2D eigenvalue weighted by Crippen LogP contribution is 2.23. The summed E-state index contributed by atoms with van der Waals surface area (Å²) in [5.74, 6) is 0.883. The molecule has 0 spiro atoms. The summed E-state index contributed by atoms with van der Waals surface area (Å²) in [5, 5.41) is 10.6. The Morgan fingerprint density at radius 3 is 2.89 bits per heavy atom. The molecule has 0 atom stereocenters. The van der Waals surface area contributed by atoms with Gasteiger partial charge in [-0.3, -0.25) is 0 Å². The highest BCUT2D eigenvalue weighted by Gasteiger charge is 2.04. The van der Waals surface area contributed by atoms with Gasteiger partial charge >= 0.3 is 0 Å².